The van der Waals surface area contributed by atoms with E-state index in [2.05, 4.69) is 273 Å². The first-order valence-electron chi connectivity index (χ1n) is 38.7. The SMILES string of the molecule is C#CC(C)(C)O.C#Cc1ccc2c(c1)C1(c3cc(C#C)ccc3-c3cc(OC)c(OC)cc31)c1cc(C)c(C)cc1-2.COc1cc2c(cc1OC)C1(c3cc(Br)ccc3-c3cc(C)c(C)cc31)c1cc(Br)ccc1-2.COc1cc2c(cc1OC)C1(c3cc(C#CC(C)(C)O)ccc3-c3cc(C)c(C)cc31)c1cc(C#CC(C)(C)O)ccc1-2. The number of aliphatic hydroxyl groups is 3. The van der Waals surface area contributed by atoms with E-state index in [9.17, 15) is 10.2 Å². The number of methoxy groups -OCH3 is 6. The van der Waals surface area contributed by atoms with Crippen molar-refractivity contribution in [2.45, 2.75) is 116 Å². The third-order valence-corrected chi connectivity index (χ3v) is 24.8. The number of ether oxygens (including phenoxy) is 6. The summed E-state index contributed by atoms with van der Waals surface area (Å²) in [7, 11) is 10.1. The van der Waals surface area contributed by atoms with Crippen LogP contribution in [-0.4, -0.2) is 74.8 Å². The monoisotopic (exact) mass is 1660 g/mol. The zero-order valence-electron chi connectivity index (χ0n) is 69.1. The lowest BCUT2D eigenvalue weighted by Gasteiger charge is -2.31. The van der Waals surface area contributed by atoms with Gasteiger partial charge in [-0.1, -0.05) is 146 Å². The molecule has 6 aliphatic carbocycles. The van der Waals surface area contributed by atoms with Gasteiger partial charge in [-0.25, -0.2) is 0 Å². The Hall–Kier alpha value is -11.9. The highest BCUT2D eigenvalue weighted by atomic mass is 79.9. The average Bonchev–Trinajstić information content (AvgIpc) is 1.52. The zero-order chi connectivity index (χ0) is 83.7. The van der Waals surface area contributed by atoms with Crippen LogP contribution in [0, 0.1) is 102 Å². The molecule has 0 saturated carbocycles. The van der Waals surface area contributed by atoms with Crippen LogP contribution in [0.4, 0.5) is 0 Å². The molecular weight excluding hydrogens is 1580 g/mol. The largest absolute Gasteiger partial charge is 0.493 e. The Kier molecular flexibility index (Phi) is 20.4. The van der Waals surface area contributed by atoms with E-state index in [0.717, 1.165) is 98.3 Å². The highest BCUT2D eigenvalue weighted by Gasteiger charge is 2.56. The summed E-state index contributed by atoms with van der Waals surface area (Å²) in [6.07, 6.45) is 16.6. The third kappa shape index (κ3) is 13.0. The molecule has 3 unspecified atom stereocenters. The van der Waals surface area contributed by atoms with E-state index in [1.165, 1.54) is 111 Å². The van der Waals surface area contributed by atoms with Crippen molar-refractivity contribution in [1.82, 2.24) is 0 Å². The minimum atomic E-state index is -1.12. The van der Waals surface area contributed by atoms with Gasteiger partial charge in [0, 0.05) is 31.2 Å². The van der Waals surface area contributed by atoms with Gasteiger partial charge in [0.2, 0.25) is 0 Å². The molecule has 6 aliphatic rings. The molecule has 9 nitrogen and oxygen atoms in total. The van der Waals surface area contributed by atoms with Gasteiger partial charge in [0.1, 0.15) is 16.8 Å². The zero-order valence-corrected chi connectivity index (χ0v) is 72.3. The van der Waals surface area contributed by atoms with E-state index in [0.29, 0.717) is 23.0 Å². The maximum absolute atomic E-state index is 10.4. The lowest BCUT2D eigenvalue weighted by molar-refractivity contribution is 0.143. The highest BCUT2D eigenvalue weighted by Crippen LogP contribution is 2.69. The topological polar surface area (TPSA) is 116 Å². The Morgan fingerprint density at radius 3 is 0.718 bits per heavy atom. The summed E-state index contributed by atoms with van der Waals surface area (Å²) in [6, 6.07) is 65.3. The van der Waals surface area contributed by atoms with E-state index in [1.54, 1.807) is 84.2 Å². The highest BCUT2D eigenvalue weighted by molar-refractivity contribution is 9.10. The fourth-order valence-corrected chi connectivity index (χ4v) is 18.9. The summed E-state index contributed by atoms with van der Waals surface area (Å²) >= 11 is 7.52. The molecule has 3 atom stereocenters. The Labute approximate surface area is 704 Å². The van der Waals surface area contributed by atoms with Gasteiger partial charge in [0.25, 0.3) is 0 Å². The van der Waals surface area contributed by atoms with Gasteiger partial charge in [-0.2, -0.15) is 0 Å². The first-order valence-corrected chi connectivity index (χ1v) is 40.3. The van der Waals surface area contributed by atoms with Crippen LogP contribution in [0.5, 0.6) is 34.5 Å². The lowest BCUT2D eigenvalue weighted by Crippen LogP contribution is -2.26. The molecule has 582 valence electrons. The number of hydrogen-bond acceptors (Lipinski definition) is 9. The fraction of sp³-hybridized carbons (Fsp3) is 0.226. The van der Waals surface area contributed by atoms with Gasteiger partial charge < -0.3 is 43.7 Å². The number of rotatable bonds is 6. The number of benzene rings is 12. The number of aryl methyl sites for hydroxylation is 6. The number of hydrogen-bond donors (Lipinski definition) is 3. The van der Waals surface area contributed by atoms with Crippen LogP contribution in [0.25, 0.3) is 66.8 Å². The first kappa shape index (κ1) is 80.3. The second kappa shape index (κ2) is 29.7. The quantitative estimate of drug-likeness (QED) is 0.140. The fourth-order valence-electron chi connectivity index (χ4n) is 18.2. The summed E-state index contributed by atoms with van der Waals surface area (Å²) < 4.78 is 36.7. The van der Waals surface area contributed by atoms with E-state index < -0.39 is 33.0 Å². The number of fused-ring (bicyclic) bond motifs is 30. The smallest absolute Gasteiger partial charge is 0.161 e. The van der Waals surface area contributed by atoms with Crippen molar-refractivity contribution in [2.24, 2.45) is 0 Å². The molecular formula is C106H90Br2O9. The van der Waals surface area contributed by atoms with E-state index >= 15 is 0 Å². The van der Waals surface area contributed by atoms with Crippen LogP contribution < -0.4 is 28.4 Å². The average molecular weight is 1670 g/mol. The molecule has 3 spiro atoms. The molecule has 0 aromatic heterocycles. The van der Waals surface area contributed by atoms with Crippen LogP contribution in [-0.2, 0) is 16.2 Å². The molecule has 117 heavy (non-hydrogen) atoms. The Morgan fingerprint density at radius 1 is 0.265 bits per heavy atom. The van der Waals surface area contributed by atoms with Gasteiger partial charge in [-0.15, -0.1) is 19.3 Å². The number of terminal acetylenes is 3. The molecule has 0 heterocycles. The minimum Gasteiger partial charge on any atom is -0.493 e. The second-order valence-corrected chi connectivity index (χ2v) is 34.3. The molecule has 0 amide bonds. The Balaban J connectivity index is 0.000000134. The summed E-state index contributed by atoms with van der Waals surface area (Å²) in [6.45, 7) is 22.9. The van der Waals surface area contributed by atoms with Crippen molar-refractivity contribution in [3.63, 3.8) is 0 Å². The first-order chi connectivity index (χ1) is 55.7. The van der Waals surface area contributed by atoms with Crippen molar-refractivity contribution in [2.75, 3.05) is 42.7 Å². The van der Waals surface area contributed by atoms with E-state index in [-0.39, 0.29) is 0 Å². The molecule has 0 radical (unpaired) electrons. The van der Waals surface area contributed by atoms with Gasteiger partial charge >= 0.3 is 0 Å². The summed E-state index contributed by atoms with van der Waals surface area (Å²) in [5.41, 5.74) is 34.6. The maximum Gasteiger partial charge on any atom is 0.161 e. The van der Waals surface area contributed by atoms with Crippen molar-refractivity contribution >= 4 is 31.9 Å². The predicted octanol–water partition coefficient (Wildman–Crippen LogP) is 22.1. The predicted molar refractivity (Wildman–Crippen MR) is 479 cm³/mol. The summed E-state index contributed by atoms with van der Waals surface area (Å²) in [5, 5.41) is 29.3. The molecule has 12 aromatic rings. The molecule has 0 aliphatic heterocycles. The molecule has 0 fully saturated rings. The lowest BCUT2D eigenvalue weighted by atomic mass is 9.69. The van der Waals surface area contributed by atoms with E-state index in [1.807, 2.05) is 24.3 Å². The molecule has 0 bridgehead atoms. The Bertz CT molecular complexity index is 6520. The van der Waals surface area contributed by atoms with Crippen LogP contribution in [0.2, 0.25) is 0 Å². The van der Waals surface area contributed by atoms with Crippen LogP contribution in [0.3, 0.4) is 0 Å². The molecule has 0 saturated heterocycles. The van der Waals surface area contributed by atoms with Gasteiger partial charge in [-0.3, -0.25) is 0 Å². The van der Waals surface area contributed by atoms with Crippen molar-refractivity contribution < 1.29 is 43.7 Å². The second-order valence-electron chi connectivity index (χ2n) is 32.5. The van der Waals surface area contributed by atoms with Gasteiger partial charge in [0.05, 0.1) is 58.9 Å². The van der Waals surface area contributed by atoms with Crippen molar-refractivity contribution in [3.8, 4) is 162 Å². The number of halogens is 2. The summed E-state index contributed by atoms with van der Waals surface area (Å²) in [5.74, 6) is 24.5. The van der Waals surface area contributed by atoms with Crippen molar-refractivity contribution in [1.29, 1.82) is 0 Å². The standard InChI is InChI=1S/C39H36O4.C33H24O2.C29H22Br2O2.C5H8O/c1-23-17-29-27-11-9-25(13-15-37(3,4)40)19-32(27)39(31(29)18-24(23)2)33-20-26(14-16-38(5,6)41)10-12-28(33)30-21-35(42-7)36(43-8)22-34(30)39;1-7-21-9-11-23-25-13-19(3)20(4)14-27(25)33(28(23)15-21)29-16-22(8-2)10-12-24(29)26-17-31(34-5)32(35-6)18-30(26)33;1-15-9-21-19-7-5-17(30)11-24(19)29(23(21)10-16(15)2)25-12-18(31)6-8-20(25)22-13-27(32-3)28(33-4)14-26(22)29;1-4-5(2,3)6/h9-12,17-22,40-41H,1-8H3;1-2,9-18H,3-6H3;5-14H,1-4H3;1,6H,2-3H3. The Morgan fingerprint density at radius 2 is 0.470 bits per heavy atom. The minimum absolute atomic E-state index is 0.430. The van der Waals surface area contributed by atoms with Crippen LogP contribution in [0.15, 0.2) is 191 Å². The third-order valence-electron chi connectivity index (χ3n) is 23.8. The maximum atomic E-state index is 10.4. The molecule has 12 aromatic carbocycles. The van der Waals surface area contributed by atoms with Crippen LogP contribution >= 0.6 is 31.9 Å². The summed E-state index contributed by atoms with van der Waals surface area (Å²) in [4.78, 5) is 0. The van der Waals surface area contributed by atoms with Gasteiger partial charge in [-0.05, 0) is 359 Å². The molecule has 11 heteroatoms. The normalized spacial score (nSPS) is 15.9. The van der Waals surface area contributed by atoms with Crippen LogP contribution in [0.1, 0.15) is 164 Å². The van der Waals surface area contributed by atoms with Gasteiger partial charge in [0.15, 0.2) is 34.5 Å². The molecule has 18 rings (SSSR count). The van der Waals surface area contributed by atoms with Crippen molar-refractivity contribution in [3.05, 3.63) is 313 Å². The molecule has 3 N–H and O–H groups in total. The van der Waals surface area contributed by atoms with E-state index in [4.69, 9.17) is 52.8 Å².